The molecule has 0 bridgehead atoms. The maximum Gasteiger partial charge on any atom is 0.128 e. The van der Waals surface area contributed by atoms with Crippen molar-refractivity contribution >= 4 is 21.7 Å². The van der Waals surface area contributed by atoms with Crippen LogP contribution in [-0.4, -0.2) is 14.9 Å². The number of anilines is 1. The molecule has 0 fully saturated rings. The van der Waals surface area contributed by atoms with Gasteiger partial charge >= 0.3 is 0 Å². The van der Waals surface area contributed by atoms with Crippen molar-refractivity contribution < 1.29 is 5.11 Å². The summed E-state index contributed by atoms with van der Waals surface area (Å²) in [6.45, 7) is 3.79. The summed E-state index contributed by atoms with van der Waals surface area (Å²) in [6.07, 6.45) is 0. The van der Waals surface area contributed by atoms with Crippen molar-refractivity contribution in [2.75, 3.05) is 5.73 Å². The van der Waals surface area contributed by atoms with Gasteiger partial charge in [-0.3, -0.25) is 4.68 Å². The Morgan fingerprint density at radius 1 is 1.35 bits per heavy atom. The van der Waals surface area contributed by atoms with Crippen LogP contribution < -0.4 is 5.73 Å². The first-order valence-electron chi connectivity index (χ1n) is 5.20. The van der Waals surface area contributed by atoms with Gasteiger partial charge in [-0.15, -0.1) is 0 Å². The third-order valence-electron chi connectivity index (χ3n) is 2.86. The Labute approximate surface area is 108 Å². The van der Waals surface area contributed by atoms with E-state index in [0.29, 0.717) is 11.5 Å². The van der Waals surface area contributed by atoms with Gasteiger partial charge in [0, 0.05) is 23.2 Å². The molecule has 4 nitrogen and oxygen atoms in total. The monoisotopic (exact) mass is 295 g/mol. The average Bonchev–Trinajstić information content (AvgIpc) is 2.57. The van der Waals surface area contributed by atoms with E-state index in [1.54, 1.807) is 17.8 Å². The zero-order valence-electron chi connectivity index (χ0n) is 9.95. The summed E-state index contributed by atoms with van der Waals surface area (Å²) >= 11 is 3.48. The van der Waals surface area contributed by atoms with Gasteiger partial charge in [0.15, 0.2) is 0 Å². The van der Waals surface area contributed by atoms with Gasteiger partial charge in [0.1, 0.15) is 11.6 Å². The summed E-state index contributed by atoms with van der Waals surface area (Å²) in [5, 5.41) is 14.4. The number of hydrogen-bond acceptors (Lipinski definition) is 3. The molecule has 90 valence electrons. The second kappa shape index (κ2) is 4.07. The van der Waals surface area contributed by atoms with Crippen molar-refractivity contribution in [2.45, 2.75) is 13.8 Å². The molecule has 0 radical (unpaired) electrons. The Hall–Kier alpha value is -1.49. The molecule has 0 saturated heterocycles. The number of benzene rings is 1. The fourth-order valence-corrected chi connectivity index (χ4v) is 2.32. The lowest BCUT2D eigenvalue weighted by Gasteiger charge is -2.10. The van der Waals surface area contributed by atoms with Gasteiger partial charge in [0.05, 0.1) is 5.69 Å². The average molecular weight is 296 g/mol. The molecule has 1 aromatic heterocycles. The number of phenolic OH excluding ortho intramolecular Hbond substituents is 1. The van der Waals surface area contributed by atoms with E-state index in [1.807, 2.05) is 19.9 Å². The number of hydrogen-bond donors (Lipinski definition) is 2. The lowest BCUT2D eigenvalue weighted by atomic mass is 10.0. The second-order valence-corrected chi connectivity index (χ2v) is 4.96. The number of aryl methyl sites for hydroxylation is 2. The van der Waals surface area contributed by atoms with Crippen LogP contribution >= 0.6 is 15.9 Å². The summed E-state index contributed by atoms with van der Waals surface area (Å²) in [6, 6.07) is 3.65. The molecular formula is C12H14BrN3O. The summed E-state index contributed by atoms with van der Waals surface area (Å²) in [7, 11) is 1.77. The molecule has 0 aliphatic rings. The molecule has 1 heterocycles. The molecule has 17 heavy (non-hydrogen) atoms. The maximum atomic E-state index is 10.1. The molecule has 5 heteroatoms. The van der Waals surface area contributed by atoms with Crippen LogP contribution in [0.5, 0.6) is 5.75 Å². The molecular weight excluding hydrogens is 282 g/mol. The lowest BCUT2D eigenvalue weighted by molar-refractivity contribution is 0.472. The van der Waals surface area contributed by atoms with E-state index in [-0.39, 0.29) is 5.75 Å². The van der Waals surface area contributed by atoms with Crippen LogP contribution in [0.3, 0.4) is 0 Å². The molecule has 0 aliphatic heterocycles. The number of nitrogens with zero attached hydrogens (tertiary/aromatic N) is 2. The van der Waals surface area contributed by atoms with Gasteiger partial charge in [0.25, 0.3) is 0 Å². The molecule has 2 aromatic rings. The van der Waals surface area contributed by atoms with Crippen molar-refractivity contribution in [3.8, 4) is 17.0 Å². The Morgan fingerprint density at radius 2 is 2.00 bits per heavy atom. The minimum atomic E-state index is 0.254. The van der Waals surface area contributed by atoms with Gasteiger partial charge in [-0.2, -0.15) is 5.10 Å². The fraction of sp³-hybridized carbons (Fsp3) is 0.250. The molecule has 0 amide bonds. The first kappa shape index (κ1) is 12.0. The summed E-state index contributed by atoms with van der Waals surface area (Å²) in [5.74, 6) is 0.820. The molecule has 0 aliphatic carbocycles. The van der Waals surface area contributed by atoms with E-state index < -0.39 is 0 Å². The minimum Gasteiger partial charge on any atom is -0.507 e. The zero-order valence-corrected chi connectivity index (χ0v) is 11.5. The van der Waals surface area contributed by atoms with Gasteiger partial charge < -0.3 is 10.8 Å². The highest BCUT2D eigenvalue weighted by Crippen LogP contribution is 2.38. The first-order chi connectivity index (χ1) is 7.91. The van der Waals surface area contributed by atoms with Gasteiger partial charge in [-0.25, -0.2) is 0 Å². The van der Waals surface area contributed by atoms with E-state index >= 15 is 0 Å². The normalized spacial score (nSPS) is 10.8. The van der Waals surface area contributed by atoms with Gasteiger partial charge in [0.2, 0.25) is 0 Å². The Bertz CT molecular complexity index is 544. The number of halogens is 1. The summed E-state index contributed by atoms with van der Waals surface area (Å²) < 4.78 is 2.54. The van der Waals surface area contributed by atoms with E-state index in [0.717, 1.165) is 21.2 Å². The van der Waals surface area contributed by atoms with Crippen LogP contribution in [0.1, 0.15) is 11.1 Å². The van der Waals surface area contributed by atoms with Crippen molar-refractivity contribution in [2.24, 2.45) is 7.05 Å². The minimum absolute atomic E-state index is 0.254. The topological polar surface area (TPSA) is 64.1 Å². The van der Waals surface area contributed by atoms with E-state index in [9.17, 15) is 5.11 Å². The number of nitrogen functional groups attached to an aromatic ring is 1. The number of phenols is 1. The quantitative estimate of drug-likeness (QED) is 0.850. The molecule has 1 aromatic carbocycles. The van der Waals surface area contributed by atoms with Gasteiger partial charge in [-0.1, -0.05) is 15.9 Å². The van der Waals surface area contributed by atoms with Crippen LogP contribution in [0.25, 0.3) is 11.3 Å². The fourth-order valence-electron chi connectivity index (χ4n) is 1.78. The lowest BCUT2D eigenvalue weighted by Crippen LogP contribution is -1.97. The largest absolute Gasteiger partial charge is 0.507 e. The smallest absolute Gasteiger partial charge is 0.128 e. The summed E-state index contributed by atoms with van der Waals surface area (Å²) in [4.78, 5) is 0. The van der Waals surface area contributed by atoms with Crippen LogP contribution in [0.4, 0.5) is 5.82 Å². The Morgan fingerprint density at radius 3 is 2.53 bits per heavy atom. The number of rotatable bonds is 1. The molecule has 0 atom stereocenters. The summed E-state index contributed by atoms with van der Waals surface area (Å²) in [5.41, 5.74) is 8.93. The molecule has 0 saturated carbocycles. The predicted molar refractivity (Wildman–Crippen MR) is 71.9 cm³/mol. The maximum absolute atomic E-state index is 10.1. The van der Waals surface area contributed by atoms with Gasteiger partial charge in [-0.05, 0) is 31.0 Å². The Kier molecular flexibility index (Phi) is 2.87. The SMILES string of the molecule is Cc1cc(Br)c(C)c(-c2cc(N)n(C)n2)c1O. The molecule has 0 spiro atoms. The Balaban J connectivity index is 2.74. The van der Waals surface area contributed by atoms with Crippen LogP contribution in [0.2, 0.25) is 0 Å². The van der Waals surface area contributed by atoms with Crippen molar-refractivity contribution in [3.63, 3.8) is 0 Å². The third-order valence-corrected chi connectivity index (χ3v) is 3.68. The van der Waals surface area contributed by atoms with Crippen LogP contribution in [-0.2, 0) is 7.05 Å². The first-order valence-corrected chi connectivity index (χ1v) is 5.99. The molecule has 0 unspecified atom stereocenters. The van der Waals surface area contributed by atoms with Crippen molar-refractivity contribution in [1.29, 1.82) is 0 Å². The number of aromatic nitrogens is 2. The third kappa shape index (κ3) is 1.91. The standard InChI is InChI=1S/C12H14BrN3O/c1-6-4-8(13)7(2)11(12(6)17)9-5-10(14)16(3)15-9/h4-5,17H,14H2,1-3H3. The zero-order chi connectivity index (χ0) is 12.7. The highest BCUT2D eigenvalue weighted by Gasteiger charge is 2.16. The second-order valence-electron chi connectivity index (χ2n) is 4.10. The molecule has 3 N–H and O–H groups in total. The van der Waals surface area contributed by atoms with Crippen molar-refractivity contribution in [3.05, 3.63) is 27.7 Å². The number of aromatic hydroxyl groups is 1. The van der Waals surface area contributed by atoms with E-state index in [2.05, 4.69) is 21.0 Å². The highest BCUT2D eigenvalue weighted by atomic mass is 79.9. The number of nitrogens with two attached hydrogens (primary N) is 1. The van der Waals surface area contributed by atoms with Crippen LogP contribution in [0, 0.1) is 13.8 Å². The predicted octanol–water partition coefficient (Wildman–Crippen LogP) is 2.75. The highest BCUT2D eigenvalue weighted by molar-refractivity contribution is 9.10. The molecule has 2 rings (SSSR count). The van der Waals surface area contributed by atoms with Crippen LogP contribution in [0.15, 0.2) is 16.6 Å². The van der Waals surface area contributed by atoms with E-state index in [4.69, 9.17) is 5.73 Å². The van der Waals surface area contributed by atoms with E-state index in [1.165, 1.54) is 0 Å². The van der Waals surface area contributed by atoms with Crippen molar-refractivity contribution in [1.82, 2.24) is 9.78 Å².